The van der Waals surface area contributed by atoms with Crippen LogP contribution in [0, 0.1) is 0 Å². The fourth-order valence-corrected chi connectivity index (χ4v) is 3.71. The van der Waals surface area contributed by atoms with Crippen molar-refractivity contribution in [2.75, 3.05) is 33.4 Å². The molecule has 2 aliphatic heterocycles. The van der Waals surface area contributed by atoms with E-state index in [-0.39, 0.29) is 6.04 Å². The molecular formula is C12H18N2O2S. The van der Waals surface area contributed by atoms with Crippen molar-refractivity contribution in [2.45, 2.75) is 18.4 Å². The van der Waals surface area contributed by atoms with Gasteiger partial charge >= 0.3 is 0 Å². The molecule has 5 heteroatoms. The molecule has 3 rings (SSSR count). The van der Waals surface area contributed by atoms with Gasteiger partial charge in [-0.2, -0.15) is 0 Å². The van der Waals surface area contributed by atoms with Crippen LogP contribution < -0.4 is 15.2 Å². The molecule has 2 unspecified atom stereocenters. The van der Waals surface area contributed by atoms with Crippen molar-refractivity contribution >= 4 is 11.3 Å². The van der Waals surface area contributed by atoms with Crippen LogP contribution in [0.5, 0.6) is 10.8 Å². The predicted molar refractivity (Wildman–Crippen MR) is 68.1 cm³/mol. The van der Waals surface area contributed by atoms with Crippen LogP contribution in [-0.4, -0.2) is 44.3 Å². The first kappa shape index (κ1) is 11.3. The van der Waals surface area contributed by atoms with Crippen molar-refractivity contribution in [3.8, 4) is 10.8 Å². The maximum Gasteiger partial charge on any atom is 0.217 e. The summed E-state index contributed by atoms with van der Waals surface area (Å²) in [5.74, 6) is 1.43. The number of rotatable bonds is 1. The second-order valence-electron chi connectivity index (χ2n) is 4.91. The Morgan fingerprint density at radius 2 is 2.18 bits per heavy atom. The summed E-state index contributed by atoms with van der Waals surface area (Å²) in [5, 5.41) is 0.938. The highest BCUT2D eigenvalue weighted by atomic mass is 32.1. The van der Waals surface area contributed by atoms with Crippen LogP contribution in [0.15, 0.2) is 6.07 Å². The minimum atomic E-state index is 0.278. The van der Waals surface area contributed by atoms with Gasteiger partial charge in [-0.15, -0.1) is 0 Å². The average molecular weight is 254 g/mol. The predicted octanol–water partition coefficient (Wildman–Crippen LogP) is 1.27. The zero-order valence-electron chi connectivity index (χ0n) is 10.0. The summed E-state index contributed by atoms with van der Waals surface area (Å²) in [5.41, 5.74) is 6.08. The molecule has 2 aliphatic rings. The zero-order chi connectivity index (χ0) is 11.8. The number of likely N-dealkylation sites (N-methyl/N-ethyl adjacent to an activating group) is 1. The molecular weight excluding hydrogens is 236 g/mol. The number of piperidine rings is 1. The number of ether oxygens (including phenoxy) is 2. The first-order chi connectivity index (χ1) is 8.22. The highest BCUT2D eigenvalue weighted by Crippen LogP contribution is 2.43. The van der Waals surface area contributed by atoms with E-state index in [9.17, 15) is 0 Å². The quantitative estimate of drug-likeness (QED) is 0.820. The standard InChI is InChI=1S/C12H18N2O2S/c1-14-6-8(4-9(13)7-14)11-5-10-12(17-11)16-3-2-15-10/h5,8-9H,2-4,6-7,13H2,1H3. The molecule has 1 fully saturated rings. The lowest BCUT2D eigenvalue weighted by atomic mass is 9.94. The second kappa shape index (κ2) is 4.48. The Morgan fingerprint density at radius 1 is 1.35 bits per heavy atom. The third-order valence-corrected chi connectivity index (χ3v) is 4.52. The van der Waals surface area contributed by atoms with Crippen molar-refractivity contribution < 1.29 is 9.47 Å². The molecule has 0 amide bonds. The lowest BCUT2D eigenvalue weighted by molar-refractivity contribution is 0.178. The largest absolute Gasteiger partial charge is 0.485 e. The molecule has 0 aromatic carbocycles. The van der Waals surface area contributed by atoms with Gasteiger partial charge in [0.05, 0.1) is 0 Å². The molecule has 1 saturated heterocycles. The molecule has 2 atom stereocenters. The van der Waals surface area contributed by atoms with Crippen LogP contribution >= 0.6 is 11.3 Å². The normalized spacial score (nSPS) is 29.3. The maximum atomic E-state index is 6.08. The number of nitrogens with zero attached hydrogens (tertiary/aromatic N) is 1. The lowest BCUT2D eigenvalue weighted by Crippen LogP contribution is -2.43. The van der Waals surface area contributed by atoms with Crippen LogP contribution in [0.2, 0.25) is 0 Å². The van der Waals surface area contributed by atoms with Gasteiger partial charge in [-0.3, -0.25) is 0 Å². The first-order valence-electron chi connectivity index (χ1n) is 6.06. The van der Waals surface area contributed by atoms with Crippen LogP contribution in [-0.2, 0) is 0 Å². The van der Waals surface area contributed by atoms with Gasteiger partial charge in [-0.05, 0) is 19.5 Å². The molecule has 3 heterocycles. The number of nitrogens with two attached hydrogens (primary N) is 1. The summed E-state index contributed by atoms with van der Waals surface area (Å²) in [6.45, 7) is 3.39. The van der Waals surface area contributed by atoms with Gasteiger partial charge in [0.15, 0.2) is 5.75 Å². The Labute approximate surface area is 105 Å². The smallest absolute Gasteiger partial charge is 0.217 e. The number of thiophene rings is 1. The molecule has 0 radical (unpaired) electrons. The van der Waals surface area contributed by atoms with Gasteiger partial charge in [-0.1, -0.05) is 11.3 Å². The van der Waals surface area contributed by atoms with Gasteiger partial charge in [0.2, 0.25) is 5.06 Å². The van der Waals surface area contributed by atoms with E-state index in [1.807, 2.05) is 0 Å². The van der Waals surface area contributed by atoms with Crippen LogP contribution in [0.4, 0.5) is 0 Å². The summed E-state index contributed by atoms with van der Waals surface area (Å²) in [7, 11) is 2.13. The molecule has 17 heavy (non-hydrogen) atoms. The van der Waals surface area contributed by atoms with Crippen LogP contribution in [0.3, 0.4) is 0 Å². The number of hydrogen-bond donors (Lipinski definition) is 1. The third kappa shape index (κ3) is 2.27. The van der Waals surface area contributed by atoms with E-state index in [0.717, 1.165) is 30.3 Å². The van der Waals surface area contributed by atoms with Crippen molar-refractivity contribution in [2.24, 2.45) is 5.73 Å². The van der Waals surface area contributed by atoms with E-state index in [2.05, 4.69) is 18.0 Å². The number of likely N-dealkylation sites (tertiary alicyclic amines) is 1. The SMILES string of the molecule is CN1CC(N)CC(c2cc3c(s2)OCCO3)C1. The number of hydrogen-bond acceptors (Lipinski definition) is 5. The molecule has 94 valence electrons. The van der Waals surface area contributed by atoms with E-state index in [1.165, 1.54) is 4.88 Å². The highest BCUT2D eigenvalue weighted by Gasteiger charge is 2.27. The topological polar surface area (TPSA) is 47.7 Å². The van der Waals surface area contributed by atoms with Crippen LogP contribution in [0.25, 0.3) is 0 Å². The minimum Gasteiger partial charge on any atom is -0.485 e. The fraction of sp³-hybridized carbons (Fsp3) is 0.667. The summed E-state index contributed by atoms with van der Waals surface area (Å²) in [6, 6.07) is 2.41. The Kier molecular flexibility index (Phi) is 2.98. The third-order valence-electron chi connectivity index (χ3n) is 3.33. The Morgan fingerprint density at radius 3 is 2.94 bits per heavy atom. The lowest BCUT2D eigenvalue weighted by Gasteiger charge is -2.33. The van der Waals surface area contributed by atoms with Crippen molar-refractivity contribution in [1.82, 2.24) is 4.90 Å². The summed E-state index contributed by atoms with van der Waals surface area (Å²) < 4.78 is 11.2. The molecule has 0 spiro atoms. The second-order valence-corrected chi connectivity index (χ2v) is 5.96. The molecule has 0 bridgehead atoms. The molecule has 2 N–H and O–H groups in total. The van der Waals surface area contributed by atoms with Crippen LogP contribution in [0.1, 0.15) is 17.2 Å². The molecule has 1 aromatic rings. The molecule has 4 nitrogen and oxygen atoms in total. The number of fused-ring (bicyclic) bond motifs is 1. The zero-order valence-corrected chi connectivity index (χ0v) is 10.8. The van der Waals surface area contributed by atoms with E-state index in [4.69, 9.17) is 15.2 Å². The fourth-order valence-electron chi connectivity index (χ4n) is 2.64. The summed E-state index contributed by atoms with van der Waals surface area (Å²) in [4.78, 5) is 3.65. The monoisotopic (exact) mass is 254 g/mol. The Balaban J connectivity index is 1.81. The molecule has 0 aliphatic carbocycles. The van der Waals surface area contributed by atoms with E-state index >= 15 is 0 Å². The van der Waals surface area contributed by atoms with Gasteiger partial charge in [0, 0.05) is 29.9 Å². The van der Waals surface area contributed by atoms with E-state index in [0.29, 0.717) is 19.1 Å². The van der Waals surface area contributed by atoms with E-state index < -0.39 is 0 Å². The first-order valence-corrected chi connectivity index (χ1v) is 6.87. The van der Waals surface area contributed by atoms with Crippen molar-refractivity contribution in [3.05, 3.63) is 10.9 Å². The van der Waals surface area contributed by atoms with Gasteiger partial charge in [0.25, 0.3) is 0 Å². The Bertz CT molecular complexity index is 374. The summed E-state index contributed by atoms with van der Waals surface area (Å²) >= 11 is 1.72. The highest BCUT2D eigenvalue weighted by molar-refractivity contribution is 7.14. The maximum absolute atomic E-state index is 6.08. The Hall–Kier alpha value is -0.780. The van der Waals surface area contributed by atoms with Crippen molar-refractivity contribution in [3.63, 3.8) is 0 Å². The van der Waals surface area contributed by atoms with Gasteiger partial charge in [-0.25, -0.2) is 0 Å². The summed E-state index contributed by atoms with van der Waals surface area (Å²) in [6.07, 6.45) is 1.06. The minimum absolute atomic E-state index is 0.278. The van der Waals surface area contributed by atoms with Gasteiger partial charge < -0.3 is 20.1 Å². The van der Waals surface area contributed by atoms with Gasteiger partial charge in [0.1, 0.15) is 13.2 Å². The molecule has 1 aromatic heterocycles. The average Bonchev–Trinajstić information content (AvgIpc) is 2.71. The molecule has 0 saturated carbocycles. The van der Waals surface area contributed by atoms with Crippen molar-refractivity contribution in [1.29, 1.82) is 0 Å². The van der Waals surface area contributed by atoms with E-state index in [1.54, 1.807) is 11.3 Å².